The van der Waals surface area contributed by atoms with Gasteiger partial charge in [0.15, 0.2) is 0 Å². The predicted octanol–water partition coefficient (Wildman–Crippen LogP) is 0.00590. The van der Waals surface area contributed by atoms with Gasteiger partial charge in [-0.3, -0.25) is 9.59 Å². The summed E-state index contributed by atoms with van der Waals surface area (Å²) in [5, 5.41) is 3.15. The zero-order valence-corrected chi connectivity index (χ0v) is 9.66. The number of piperazine rings is 1. The van der Waals surface area contributed by atoms with Crippen molar-refractivity contribution in [3.63, 3.8) is 0 Å². The van der Waals surface area contributed by atoms with Crippen molar-refractivity contribution in [3.05, 3.63) is 0 Å². The molecule has 1 heterocycles. The molecule has 1 amide bonds. The minimum atomic E-state index is -0.318. The lowest BCUT2D eigenvalue weighted by atomic mass is 10.2. The fourth-order valence-electron chi connectivity index (χ4n) is 0.932. The van der Waals surface area contributed by atoms with E-state index in [4.69, 9.17) is 0 Å². The van der Waals surface area contributed by atoms with Crippen LogP contribution in [0.3, 0.4) is 0 Å². The van der Waals surface area contributed by atoms with Crippen LogP contribution < -0.4 is 5.32 Å². The third kappa shape index (κ3) is 9.21. The first kappa shape index (κ1) is 13.9. The summed E-state index contributed by atoms with van der Waals surface area (Å²) in [5.74, 6) is 0. The van der Waals surface area contributed by atoms with Gasteiger partial charge in [-0.15, -0.1) is 0 Å². The third-order valence-electron chi connectivity index (χ3n) is 1.70. The summed E-state index contributed by atoms with van der Waals surface area (Å²) in [5.41, 5.74) is -0.318. The Morgan fingerprint density at radius 3 is 1.93 bits per heavy atom. The molecule has 88 valence electrons. The second-order valence-electron chi connectivity index (χ2n) is 4.22. The van der Waals surface area contributed by atoms with Crippen molar-refractivity contribution in [1.29, 1.82) is 0 Å². The molecule has 0 saturated carbocycles. The molecule has 1 aliphatic heterocycles. The minimum Gasteiger partial charge on any atom is -0.462 e. The molecule has 0 radical (unpaired) electrons. The third-order valence-corrected chi connectivity index (χ3v) is 1.70. The first-order chi connectivity index (χ1) is 6.99. The van der Waals surface area contributed by atoms with Gasteiger partial charge in [-0.1, -0.05) is 0 Å². The van der Waals surface area contributed by atoms with Crippen LogP contribution in [0.15, 0.2) is 0 Å². The van der Waals surface area contributed by atoms with Crippen LogP contribution in [0.25, 0.3) is 0 Å². The molecule has 15 heavy (non-hydrogen) atoms. The molecule has 1 fully saturated rings. The van der Waals surface area contributed by atoms with Crippen LogP contribution in [-0.2, 0) is 14.3 Å². The van der Waals surface area contributed by atoms with Crippen LogP contribution in [-0.4, -0.2) is 49.6 Å². The molecule has 0 aromatic rings. The van der Waals surface area contributed by atoms with E-state index in [1.807, 2.05) is 20.8 Å². The molecule has 1 rings (SSSR count). The molecule has 0 atom stereocenters. The Kier molecular flexibility index (Phi) is 6.70. The fourth-order valence-corrected chi connectivity index (χ4v) is 0.932. The number of carbonyl (C=O) groups is 2. The zero-order valence-electron chi connectivity index (χ0n) is 9.66. The van der Waals surface area contributed by atoms with E-state index in [0.29, 0.717) is 6.47 Å². The SMILES string of the molecule is CC(C)(C)OC=O.O=CN1CCNCC1. The summed E-state index contributed by atoms with van der Waals surface area (Å²) in [7, 11) is 0. The van der Waals surface area contributed by atoms with E-state index in [2.05, 4.69) is 10.1 Å². The minimum absolute atomic E-state index is 0.318. The molecular formula is C10H20N2O3. The Hall–Kier alpha value is -1.10. The maximum atomic E-state index is 10.1. The van der Waals surface area contributed by atoms with E-state index in [-0.39, 0.29) is 5.60 Å². The molecule has 0 unspecified atom stereocenters. The maximum absolute atomic E-state index is 10.1. The zero-order chi connectivity index (χ0) is 11.7. The van der Waals surface area contributed by atoms with Crippen LogP contribution in [0.2, 0.25) is 0 Å². The number of hydrogen-bond acceptors (Lipinski definition) is 4. The van der Waals surface area contributed by atoms with Crippen LogP contribution in [0.4, 0.5) is 0 Å². The van der Waals surface area contributed by atoms with E-state index in [1.54, 1.807) is 4.90 Å². The van der Waals surface area contributed by atoms with Crippen molar-refractivity contribution in [3.8, 4) is 0 Å². The van der Waals surface area contributed by atoms with Crippen molar-refractivity contribution < 1.29 is 14.3 Å². The first-order valence-corrected chi connectivity index (χ1v) is 5.01. The molecule has 1 N–H and O–H groups in total. The molecule has 0 aliphatic carbocycles. The van der Waals surface area contributed by atoms with Crippen molar-refractivity contribution in [1.82, 2.24) is 10.2 Å². The molecule has 1 saturated heterocycles. The molecule has 1 aliphatic rings. The summed E-state index contributed by atoms with van der Waals surface area (Å²) in [4.78, 5) is 21.4. The highest BCUT2D eigenvalue weighted by Crippen LogP contribution is 2.02. The van der Waals surface area contributed by atoms with E-state index in [0.717, 1.165) is 32.6 Å². The lowest BCUT2D eigenvalue weighted by molar-refractivity contribution is -0.138. The fraction of sp³-hybridized carbons (Fsp3) is 0.800. The summed E-state index contributed by atoms with van der Waals surface area (Å²) < 4.78 is 4.55. The standard InChI is InChI=1S/C5H10N2O.C5H10O2/c8-5-7-3-1-6-2-4-7;1-5(2,3)7-4-6/h5-6H,1-4H2;4H,1-3H3. The number of amides is 1. The van der Waals surface area contributed by atoms with Gasteiger partial charge in [0.25, 0.3) is 6.47 Å². The van der Waals surface area contributed by atoms with Crippen molar-refractivity contribution in [2.75, 3.05) is 26.2 Å². The van der Waals surface area contributed by atoms with E-state index < -0.39 is 0 Å². The normalized spacial score (nSPS) is 16.1. The van der Waals surface area contributed by atoms with Crippen molar-refractivity contribution >= 4 is 12.9 Å². The highest BCUT2D eigenvalue weighted by Gasteiger charge is 2.07. The first-order valence-electron chi connectivity index (χ1n) is 5.01. The second kappa shape index (κ2) is 7.23. The number of rotatable bonds is 2. The lowest BCUT2D eigenvalue weighted by Crippen LogP contribution is -2.42. The summed E-state index contributed by atoms with van der Waals surface area (Å²) in [6, 6.07) is 0. The molecule has 0 bridgehead atoms. The molecule has 0 spiro atoms. The number of hydrogen-bond donors (Lipinski definition) is 1. The van der Waals surface area contributed by atoms with Gasteiger partial charge in [0.1, 0.15) is 5.60 Å². The largest absolute Gasteiger partial charge is 0.462 e. The average Bonchev–Trinajstić information content (AvgIpc) is 2.18. The number of ether oxygens (including phenoxy) is 1. The number of nitrogens with zero attached hydrogens (tertiary/aromatic N) is 1. The lowest BCUT2D eigenvalue weighted by Gasteiger charge is -2.22. The molecule has 0 aromatic heterocycles. The Balaban J connectivity index is 0.000000265. The maximum Gasteiger partial charge on any atom is 0.293 e. The van der Waals surface area contributed by atoms with Crippen LogP contribution in [0.5, 0.6) is 0 Å². The van der Waals surface area contributed by atoms with Gasteiger partial charge in [-0.25, -0.2) is 0 Å². The Labute approximate surface area is 90.8 Å². The number of nitrogens with one attached hydrogen (secondary N) is 1. The van der Waals surface area contributed by atoms with Gasteiger partial charge < -0.3 is 15.0 Å². The monoisotopic (exact) mass is 216 g/mol. The molecular weight excluding hydrogens is 196 g/mol. The highest BCUT2D eigenvalue weighted by atomic mass is 16.5. The predicted molar refractivity (Wildman–Crippen MR) is 57.4 cm³/mol. The molecule has 0 aromatic carbocycles. The van der Waals surface area contributed by atoms with Gasteiger partial charge in [-0.05, 0) is 20.8 Å². The Morgan fingerprint density at radius 2 is 1.73 bits per heavy atom. The summed E-state index contributed by atoms with van der Waals surface area (Å²) in [6.45, 7) is 9.54. The van der Waals surface area contributed by atoms with Crippen LogP contribution in [0.1, 0.15) is 20.8 Å². The van der Waals surface area contributed by atoms with Crippen LogP contribution >= 0.6 is 0 Å². The van der Waals surface area contributed by atoms with Gasteiger partial charge in [-0.2, -0.15) is 0 Å². The number of carbonyl (C=O) groups excluding carboxylic acids is 2. The van der Waals surface area contributed by atoms with E-state index >= 15 is 0 Å². The van der Waals surface area contributed by atoms with E-state index in [1.165, 1.54) is 0 Å². The van der Waals surface area contributed by atoms with E-state index in [9.17, 15) is 9.59 Å². The van der Waals surface area contributed by atoms with Crippen LogP contribution in [0, 0.1) is 0 Å². The van der Waals surface area contributed by atoms with Crippen molar-refractivity contribution in [2.45, 2.75) is 26.4 Å². The average molecular weight is 216 g/mol. The highest BCUT2D eigenvalue weighted by molar-refractivity contribution is 5.47. The van der Waals surface area contributed by atoms with Gasteiger partial charge in [0, 0.05) is 26.2 Å². The molecule has 5 heteroatoms. The molecule has 5 nitrogen and oxygen atoms in total. The summed E-state index contributed by atoms with van der Waals surface area (Å²) in [6.07, 6.45) is 0.904. The van der Waals surface area contributed by atoms with Gasteiger partial charge in [0.05, 0.1) is 0 Å². The smallest absolute Gasteiger partial charge is 0.293 e. The Morgan fingerprint density at radius 1 is 1.20 bits per heavy atom. The summed E-state index contributed by atoms with van der Waals surface area (Å²) >= 11 is 0. The van der Waals surface area contributed by atoms with Gasteiger partial charge in [0.2, 0.25) is 6.41 Å². The van der Waals surface area contributed by atoms with Gasteiger partial charge >= 0.3 is 0 Å². The quantitative estimate of drug-likeness (QED) is 0.660. The van der Waals surface area contributed by atoms with Crippen molar-refractivity contribution in [2.24, 2.45) is 0 Å². The second-order valence-corrected chi connectivity index (χ2v) is 4.22. The topological polar surface area (TPSA) is 58.6 Å². The Bertz CT molecular complexity index is 184.